The molecule has 10 nitrogen and oxygen atoms in total. The van der Waals surface area contributed by atoms with E-state index in [1.54, 1.807) is 24.3 Å². The van der Waals surface area contributed by atoms with E-state index in [1.807, 2.05) is 6.07 Å². The van der Waals surface area contributed by atoms with Crippen LogP contribution in [-0.4, -0.2) is 67.8 Å². The number of hydrogen-bond acceptors (Lipinski definition) is 8. The molecular formula is C19H25N3O7S. The van der Waals surface area contributed by atoms with Gasteiger partial charge in [0.15, 0.2) is 0 Å². The first-order chi connectivity index (χ1) is 14.4. The Kier molecular flexibility index (Phi) is 7.14. The van der Waals surface area contributed by atoms with Gasteiger partial charge in [0, 0.05) is 25.9 Å². The molecular weight excluding hydrogens is 414 g/mol. The third kappa shape index (κ3) is 5.60. The third-order valence-corrected chi connectivity index (χ3v) is 7.37. The Labute approximate surface area is 175 Å². The van der Waals surface area contributed by atoms with Crippen molar-refractivity contribution in [2.45, 2.75) is 37.4 Å². The zero-order valence-corrected chi connectivity index (χ0v) is 17.3. The number of carbonyl (C=O) groups is 1. The molecule has 30 heavy (non-hydrogen) atoms. The molecule has 0 atom stereocenters. The van der Waals surface area contributed by atoms with Crippen LogP contribution in [0.1, 0.15) is 31.2 Å². The van der Waals surface area contributed by atoms with Crippen LogP contribution >= 0.6 is 0 Å². The van der Waals surface area contributed by atoms with Gasteiger partial charge in [0.05, 0.1) is 24.8 Å². The van der Waals surface area contributed by atoms with Crippen LogP contribution in [0.5, 0.6) is 5.75 Å². The SMILES string of the molecule is N#Cc1ccc(OC2CCN(S(=O)(=O)CC3(OC(=O)NO)CCOCC3)CC2)cc1. The minimum absolute atomic E-state index is 0.127. The van der Waals surface area contributed by atoms with E-state index in [0.717, 1.165) is 0 Å². The van der Waals surface area contributed by atoms with Crippen molar-refractivity contribution in [3.63, 3.8) is 0 Å². The average Bonchev–Trinajstić information content (AvgIpc) is 2.74. The number of nitriles is 1. The number of hydroxylamine groups is 1. The van der Waals surface area contributed by atoms with Crippen LogP contribution in [0.25, 0.3) is 0 Å². The molecule has 2 fully saturated rings. The van der Waals surface area contributed by atoms with Crippen LogP contribution in [-0.2, 0) is 19.5 Å². The van der Waals surface area contributed by atoms with E-state index in [9.17, 15) is 13.2 Å². The molecule has 1 amide bonds. The number of amides is 1. The van der Waals surface area contributed by atoms with Crippen molar-refractivity contribution in [2.24, 2.45) is 0 Å². The van der Waals surface area contributed by atoms with Crippen LogP contribution in [0, 0.1) is 11.3 Å². The molecule has 2 N–H and O–H groups in total. The van der Waals surface area contributed by atoms with Crippen molar-refractivity contribution in [1.82, 2.24) is 9.79 Å². The van der Waals surface area contributed by atoms with Gasteiger partial charge in [-0.15, -0.1) is 0 Å². The smallest absolute Gasteiger partial charge is 0.431 e. The molecule has 2 aliphatic rings. The normalized spacial score (nSPS) is 20.1. The summed E-state index contributed by atoms with van der Waals surface area (Å²) < 4.78 is 43.8. The standard InChI is InChI=1S/C19H25N3O7S/c20-13-15-1-3-16(4-2-15)28-17-5-9-22(10-6-17)30(25,26)14-19(29-18(23)21-24)7-11-27-12-8-19/h1-4,17,24H,5-12,14H2,(H,21,23). The maximum atomic E-state index is 13.0. The Morgan fingerprint density at radius 1 is 1.27 bits per heavy atom. The van der Waals surface area contributed by atoms with E-state index < -0.39 is 21.7 Å². The number of nitrogens with one attached hydrogen (secondary N) is 1. The minimum Gasteiger partial charge on any atom is -0.490 e. The van der Waals surface area contributed by atoms with Crippen molar-refractivity contribution in [2.75, 3.05) is 32.1 Å². The molecule has 11 heteroatoms. The first-order valence-electron chi connectivity index (χ1n) is 9.71. The van der Waals surface area contributed by atoms with E-state index in [4.69, 9.17) is 24.7 Å². The molecule has 3 rings (SSSR count). The van der Waals surface area contributed by atoms with Crippen molar-refractivity contribution < 1.29 is 32.6 Å². The Morgan fingerprint density at radius 3 is 2.47 bits per heavy atom. The van der Waals surface area contributed by atoms with Crippen molar-refractivity contribution in [3.05, 3.63) is 29.8 Å². The highest BCUT2D eigenvalue weighted by atomic mass is 32.2. The summed E-state index contributed by atoms with van der Waals surface area (Å²) in [5.41, 5.74) is 0.701. The number of hydrogen-bond donors (Lipinski definition) is 2. The van der Waals surface area contributed by atoms with Crippen molar-refractivity contribution in [3.8, 4) is 11.8 Å². The van der Waals surface area contributed by atoms with E-state index in [-0.39, 0.29) is 37.9 Å². The summed E-state index contributed by atoms with van der Waals surface area (Å²) in [6.45, 7) is 1.13. The molecule has 1 aromatic carbocycles. The molecule has 2 aliphatic heterocycles. The molecule has 2 heterocycles. The number of sulfonamides is 1. The Morgan fingerprint density at radius 2 is 1.90 bits per heavy atom. The quantitative estimate of drug-likeness (QED) is 0.501. The number of ether oxygens (including phenoxy) is 3. The molecule has 0 unspecified atom stereocenters. The van der Waals surface area contributed by atoms with Gasteiger partial charge in [-0.1, -0.05) is 0 Å². The first kappa shape index (κ1) is 22.3. The van der Waals surface area contributed by atoms with E-state index >= 15 is 0 Å². The highest BCUT2D eigenvalue weighted by molar-refractivity contribution is 7.89. The summed E-state index contributed by atoms with van der Waals surface area (Å²) in [7, 11) is -3.70. The topological polar surface area (TPSA) is 138 Å². The summed E-state index contributed by atoms with van der Waals surface area (Å²) in [4.78, 5) is 11.5. The van der Waals surface area contributed by atoms with Crippen molar-refractivity contribution >= 4 is 16.1 Å². The monoisotopic (exact) mass is 439 g/mol. The summed E-state index contributed by atoms with van der Waals surface area (Å²) in [5, 5.41) is 17.6. The molecule has 1 aromatic rings. The minimum atomic E-state index is -3.70. The molecule has 0 saturated carbocycles. The van der Waals surface area contributed by atoms with Crippen LogP contribution in [0.3, 0.4) is 0 Å². The molecule has 0 bridgehead atoms. The second kappa shape index (κ2) is 9.61. The van der Waals surface area contributed by atoms with Gasteiger partial charge in [-0.25, -0.2) is 23.0 Å². The number of rotatable bonds is 6. The van der Waals surface area contributed by atoms with Gasteiger partial charge >= 0.3 is 6.09 Å². The second-order valence-electron chi connectivity index (χ2n) is 7.41. The summed E-state index contributed by atoms with van der Waals surface area (Å²) in [6.07, 6.45) is 0.302. The predicted molar refractivity (Wildman–Crippen MR) is 104 cm³/mol. The highest BCUT2D eigenvalue weighted by Gasteiger charge is 2.43. The molecule has 0 aliphatic carbocycles. The predicted octanol–water partition coefficient (Wildman–Crippen LogP) is 1.40. The Bertz CT molecular complexity index is 868. The summed E-state index contributed by atoms with van der Waals surface area (Å²) in [6, 6.07) is 8.83. The Hall–Kier alpha value is -2.39. The van der Waals surface area contributed by atoms with Gasteiger partial charge in [-0.05, 0) is 37.1 Å². The average molecular weight is 439 g/mol. The summed E-state index contributed by atoms with van der Waals surface area (Å²) >= 11 is 0. The number of benzene rings is 1. The van der Waals surface area contributed by atoms with Gasteiger partial charge in [0.2, 0.25) is 10.0 Å². The van der Waals surface area contributed by atoms with Crippen molar-refractivity contribution in [1.29, 1.82) is 5.26 Å². The maximum absolute atomic E-state index is 13.0. The molecule has 164 valence electrons. The Balaban J connectivity index is 1.58. The first-order valence-corrected chi connectivity index (χ1v) is 11.3. The third-order valence-electron chi connectivity index (χ3n) is 5.33. The fraction of sp³-hybridized carbons (Fsp3) is 0.579. The van der Waals surface area contributed by atoms with Gasteiger partial charge in [0.1, 0.15) is 23.2 Å². The highest BCUT2D eigenvalue weighted by Crippen LogP contribution is 2.30. The number of carbonyl (C=O) groups excluding carboxylic acids is 1. The molecule has 2 saturated heterocycles. The fourth-order valence-corrected chi connectivity index (χ4v) is 5.65. The molecule has 0 aromatic heterocycles. The lowest BCUT2D eigenvalue weighted by Gasteiger charge is -2.38. The van der Waals surface area contributed by atoms with E-state index in [2.05, 4.69) is 0 Å². The van der Waals surface area contributed by atoms with Crippen LogP contribution in [0.4, 0.5) is 4.79 Å². The number of piperidine rings is 1. The van der Waals surface area contributed by atoms with Crippen LogP contribution in [0.15, 0.2) is 24.3 Å². The number of nitrogens with zero attached hydrogens (tertiary/aromatic N) is 2. The lowest BCUT2D eigenvalue weighted by molar-refractivity contribution is -0.0663. The van der Waals surface area contributed by atoms with Gasteiger partial charge < -0.3 is 14.2 Å². The molecule has 0 spiro atoms. The van der Waals surface area contributed by atoms with E-state index in [1.165, 1.54) is 9.79 Å². The largest absolute Gasteiger partial charge is 0.490 e. The van der Waals surface area contributed by atoms with E-state index in [0.29, 0.717) is 37.2 Å². The van der Waals surface area contributed by atoms with Crippen LogP contribution in [0.2, 0.25) is 0 Å². The maximum Gasteiger partial charge on any atom is 0.431 e. The van der Waals surface area contributed by atoms with Gasteiger partial charge in [-0.3, -0.25) is 5.21 Å². The van der Waals surface area contributed by atoms with Gasteiger partial charge in [-0.2, -0.15) is 5.26 Å². The zero-order chi connectivity index (χ0) is 21.6. The van der Waals surface area contributed by atoms with Gasteiger partial charge in [0.25, 0.3) is 0 Å². The van der Waals surface area contributed by atoms with Crippen LogP contribution < -0.4 is 10.2 Å². The molecule has 0 radical (unpaired) electrons. The lowest BCUT2D eigenvalue weighted by atomic mass is 9.96. The summed E-state index contributed by atoms with van der Waals surface area (Å²) in [5.74, 6) is 0.276. The lowest BCUT2D eigenvalue weighted by Crippen LogP contribution is -2.52. The zero-order valence-electron chi connectivity index (χ0n) is 16.5. The second-order valence-corrected chi connectivity index (χ2v) is 9.37. The fourth-order valence-electron chi connectivity index (χ4n) is 3.69.